The number of amides is 8. The molecule has 16 N–H and O–H groups in total. The van der Waals surface area contributed by atoms with Crippen molar-refractivity contribution in [1.82, 2.24) is 31.9 Å². The zero-order valence-corrected chi connectivity index (χ0v) is 32.5. The van der Waals surface area contributed by atoms with E-state index in [0.29, 0.717) is 18.4 Å². The Bertz CT molecular complexity index is 1550. The lowest BCUT2D eigenvalue weighted by Gasteiger charge is -2.28. The van der Waals surface area contributed by atoms with Crippen LogP contribution in [0.3, 0.4) is 0 Å². The summed E-state index contributed by atoms with van der Waals surface area (Å²) in [7, 11) is 0. The first-order chi connectivity index (χ1) is 26.8. The molecule has 0 saturated heterocycles. The van der Waals surface area contributed by atoms with Crippen LogP contribution in [0, 0.1) is 5.92 Å². The summed E-state index contributed by atoms with van der Waals surface area (Å²) in [6, 6.07) is -0.873. The molecule has 0 fully saturated rings. The minimum Gasteiger partial charge on any atom is -0.480 e. The van der Waals surface area contributed by atoms with Crippen molar-refractivity contribution < 1.29 is 53.4 Å². The monoisotopic (exact) mass is 806 g/mol. The third-order valence-electron chi connectivity index (χ3n) is 8.64. The van der Waals surface area contributed by atoms with Gasteiger partial charge in [0.25, 0.3) is 0 Å². The average molecular weight is 807 g/mol. The van der Waals surface area contributed by atoms with Gasteiger partial charge in [-0.2, -0.15) is 0 Å². The van der Waals surface area contributed by atoms with Crippen LogP contribution in [-0.4, -0.2) is 119 Å². The number of carbonyl (C=O) groups excluding carboxylic acids is 8. The van der Waals surface area contributed by atoms with Crippen molar-refractivity contribution in [2.24, 2.45) is 28.9 Å². The fourth-order valence-electron chi connectivity index (χ4n) is 5.27. The molecule has 318 valence electrons. The van der Waals surface area contributed by atoms with Crippen molar-refractivity contribution in [3.63, 3.8) is 0 Å². The molecular weight excluding hydrogens is 748 g/mol. The van der Waals surface area contributed by atoms with Crippen LogP contribution in [0.1, 0.15) is 71.3 Å². The molecule has 0 aliphatic heterocycles. The highest BCUT2D eigenvalue weighted by atomic mass is 16.4. The van der Waals surface area contributed by atoms with E-state index in [1.807, 2.05) is 0 Å². The number of rotatable bonds is 27. The lowest BCUT2D eigenvalue weighted by Crippen LogP contribution is -2.60. The summed E-state index contributed by atoms with van der Waals surface area (Å²) in [4.78, 5) is 114. The number of hydrogen-bond donors (Lipinski definition) is 12. The lowest BCUT2D eigenvalue weighted by atomic mass is 10.00. The van der Waals surface area contributed by atoms with E-state index in [0.717, 1.165) is 0 Å². The molecule has 21 heteroatoms. The molecule has 0 unspecified atom stereocenters. The maximum atomic E-state index is 13.7. The minimum absolute atomic E-state index is 0.0224. The number of hydrogen-bond acceptors (Lipinski definition) is 12. The number of nitrogens with one attached hydrogen (secondary N) is 6. The number of aliphatic carboxylic acids is 1. The number of carboxylic acids is 1. The van der Waals surface area contributed by atoms with Crippen LogP contribution in [0.4, 0.5) is 0 Å². The number of unbranched alkanes of at least 4 members (excludes halogenated alkanes) is 1. The summed E-state index contributed by atoms with van der Waals surface area (Å²) in [5.74, 6) is -8.67. The van der Waals surface area contributed by atoms with Gasteiger partial charge in [0.05, 0.1) is 12.6 Å². The second-order valence-electron chi connectivity index (χ2n) is 13.8. The van der Waals surface area contributed by atoms with E-state index in [4.69, 9.17) is 22.9 Å². The number of nitrogens with two attached hydrogens (primary N) is 4. The van der Waals surface area contributed by atoms with E-state index in [1.165, 1.54) is 6.92 Å². The van der Waals surface area contributed by atoms with E-state index in [9.17, 15) is 53.4 Å². The fourth-order valence-corrected chi connectivity index (χ4v) is 5.27. The summed E-state index contributed by atoms with van der Waals surface area (Å²) >= 11 is 0. The number of benzene rings is 1. The molecule has 21 nitrogen and oxygen atoms in total. The van der Waals surface area contributed by atoms with Crippen LogP contribution in [0.2, 0.25) is 0 Å². The van der Waals surface area contributed by atoms with Crippen LogP contribution in [-0.2, 0) is 49.6 Å². The SMILES string of the molecule is CC(C)[C@H](NC(=O)[C@H](CCCCN)NC(=O)[C@H](CCC(N)=O)NC(=O)[C@H](CO)NC(=O)[C@H](C)NC(=O)[C@@H](N)CCC(N)=O)C(=O)N[C@@H](Cc1ccccc1)C(=O)O. The van der Waals surface area contributed by atoms with E-state index in [2.05, 4.69) is 31.9 Å². The van der Waals surface area contributed by atoms with Gasteiger partial charge in [-0.05, 0) is 57.1 Å². The fraction of sp³-hybridized carbons (Fsp3) is 0.583. The van der Waals surface area contributed by atoms with Crippen LogP contribution in [0.25, 0.3) is 0 Å². The number of primary amides is 2. The molecule has 0 saturated carbocycles. The van der Waals surface area contributed by atoms with Gasteiger partial charge in [0.1, 0.15) is 36.3 Å². The highest BCUT2D eigenvalue weighted by Crippen LogP contribution is 2.10. The molecule has 0 radical (unpaired) electrons. The van der Waals surface area contributed by atoms with Gasteiger partial charge < -0.3 is 65.0 Å². The molecule has 1 aromatic rings. The number of carboxylic acid groups (broad SMARTS) is 1. The zero-order chi connectivity index (χ0) is 43.2. The Kier molecular flexibility index (Phi) is 22.1. The van der Waals surface area contributed by atoms with Crippen molar-refractivity contribution in [3.05, 3.63) is 35.9 Å². The third kappa shape index (κ3) is 18.7. The second-order valence-corrected chi connectivity index (χ2v) is 13.8. The minimum atomic E-state index is -1.66. The van der Waals surface area contributed by atoms with Crippen LogP contribution in [0.5, 0.6) is 0 Å². The van der Waals surface area contributed by atoms with E-state index >= 15 is 0 Å². The average Bonchev–Trinajstić information content (AvgIpc) is 3.15. The zero-order valence-electron chi connectivity index (χ0n) is 32.5. The first-order valence-corrected chi connectivity index (χ1v) is 18.5. The van der Waals surface area contributed by atoms with Gasteiger partial charge in [-0.25, -0.2) is 4.79 Å². The Labute approximate surface area is 330 Å². The standard InChI is InChI=1S/C36H58N10O11/c1-19(2)29(35(55)44-25(36(56)57)17-21-9-5-4-6-10-21)46-33(53)23(11-7-8-16-37)42-32(52)24(13-15-28(40)49)43-34(54)26(18-47)45-30(50)20(3)41-31(51)22(38)12-14-27(39)48/h4-6,9-10,19-20,22-26,29,47H,7-8,11-18,37-38H2,1-3H3,(H2,39,48)(H2,40,49)(H,41,51)(H,42,52)(H,43,54)(H,44,55)(H,45,50)(H,46,53)(H,56,57)/t20-,22-,23-,24-,25-,26-,29-/m0/s1. The van der Waals surface area contributed by atoms with Gasteiger partial charge in [0, 0.05) is 19.3 Å². The Hall–Kier alpha value is -5.67. The molecule has 7 atom stereocenters. The van der Waals surface area contributed by atoms with E-state index in [1.54, 1.807) is 44.2 Å². The molecule has 0 aliphatic carbocycles. The van der Waals surface area contributed by atoms with E-state index < -0.39 is 114 Å². The molecular formula is C36H58N10O11. The van der Waals surface area contributed by atoms with Crippen molar-refractivity contribution in [2.75, 3.05) is 13.2 Å². The van der Waals surface area contributed by atoms with Gasteiger partial charge >= 0.3 is 5.97 Å². The van der Waals surface area contributed by atoms with Gasteiger partial charge in [-0.15, -0.1) is 0 Å². The maximum Gasteiger partial charge on any atom is 0.326 e. The van der Waals surface area contributed by atoms with Gasteiger partial charge in [-0.3, -0.25) is 38.4 Å². The quantitative estimate of drug-likeness (QED) is 0.0377. The van der Waals surface area contributed by atoms with Crippen molar-refractivity contribution in [1.29, 1.82) is 0 Å². The Balaban J connectivity index is 3.16. The van der Waals surface area contributed by atoms with Gasteiger partial charge in [0.2, 0.25) is 47.3 Å². The van der Waals surface area contributed by atoms with Gasteiger partial charge in [-0.1, -0.05) is 44.2 Å². The van der Waals surface area contributed by atoms with Crippen LogP contribution >= 0.6 is 0 Å². The number of carbonyl (C=O) groups is 9. The summed E-state index contributed by atoms with van der Waals surface area (Å²) < 4.78 is 0. The summed E-state index contributed by atoms with van der Waals surface area (Å²) in [5.41, 5.74) is 22.4. The number of aliphatic hydroxyl groups is 1. The molecule has 0 aromatic heterocycles. The highest BCUT2D eigenvalue weighted by molar-refractivity contribution is 5.97. The first kappa shape index (κ1) is 49.3. The first-order valence-electron chi connectivity index (χ1n) is 18.5. The van der Waals surface area contributed by atoms with Crippen molar-refractivity contribution in [3.8, 4) is 0 Å². The predicted molar refractivity (Wildman–Crippen MR) is 205 cm³/mol. The van der Waals surface area contributed by atoms with Crippen molar-refractivity contribution >= 4 is 53.2 Å². The van der Waals surface area contributed by atoms with Crippen molar-refractivity contribution in [2.45, 2.75) is 114 Å². The highest BCUT2D eigenvalue weighted by Gasteiger charge is 2.34. The summed E-state index contributed by atoms with van der Waals surface area (Å²) in [5, 5.41) is 34.2. The van der Waals surface area contributed by atoms with Crippen LogP contribution in [0.15, 0.2) is 30.3 Å². The second kappa shape index (κ2) is 25.5. The molecule has 1 rings (SSSR count). The number of aliphatic hydroxyl groups excluding tert-OH is 1. The van der Waals surface area contributed by atoms with Gasteiger partial charge in [0.15, 0.2) is 0 Å². The largest absolute Gasteiger partial charge is 0.480 e. The van der Waals surface area contributed by atoms with E-state index in [-0.39, 0.29) is 38.6 Å². The Morgan fingerprint density at radius 3 is 1.65 bits per heavy atom. The molecule has 0 heterocycles. The third-order valence-corrected chi connectivity index (χ3v) is 8.64. The summed E-state index contributed by atoms with van der Waals surface area (Å²) in [6.45, 7) is 3.82. The smallest absolute Gasteiger partial charge is 0.326 e. The summed E-state index contributed by atoms with van der Waals surface area (Å²) in [6.07, 6.45) is -0.236. The predicted octanol–water partition coefficient (Wildman–Crippen LogP) is -4.12. The molecule has 1 aromatic carbocycles. The molecule has 0 bridgehead atoms. The molecule has 0 spiro atoms. The Morgan fingerprint density at radius 2 is 1.12 bits per heavy atom. The molecule has 8 amide bonds. The topological polar surface area (TPSA) is 370 Å². The lowest BCUT2D eigenvalue weighted by molar-refractivity contribution is -0.142. The Morgan fingerprint density at radius 1 is 0.614 bits per heavy atom. The normalized spacial score (nSPS) is 14.6. The van der Waals surface area contributed by atoms with Crippen LogP contribution < -0.4 is 54.8 Å². The maximum absolute atomic E-state index is 13.7. The molecule has 57 heavy (non-hydrogen) atoms. The molecule has 0 aliphatic rings.